The van der Waals surface area contributed by atoms with Crippen LogP contribution in [0.1, 0.15) is 19.0 Å². The number of carboxylic acid groups (broad SMARTS) is 1. The molecule has 0 aromatic carbocycles. The van der Waals surface area contributed by atoms with Crippen molar-refractivity contribution in [2.75, 3.05) is 31.1 Å². The van der Waals surface area contributed by atoms with Gasteiger partial charge < -0.3 is 10.0 Å². The minimum absolute atomic E-state index is 0.184. The number of rotatable bonds is 5. The van der Waals surface area contributed by atoms with Gasteiger partial charge in [0, 0.05) is 50.2 Å². The number of carboxylic acids is 1. The first-order chi connectivity index (χ1) is 12.0. The van der Waals surface area contributed by atoms with E-state index in [1.807, 2.05) is 31.2 Å². The molecule has 1 atom stereocenters. The maximum Gasteiger partial charge on any atom is 0.304 e. The number of aromatic nitrogens is 3. The molecule has 2 aromatic heterocycles. The Labute approximate surface area is 147 Å². The fraction of sp³-hybridized carbons (Fsp3) is 0.444. The number of anilines is 1. The first-order valence-corrected chi connectivity index (χ1v) is 8.51. The lowest BCUT2D eigenvalue weighted by Crippen LogP contribution is -2.52. The van der Waals surface area contributed by atoms with Crippen LogP contribution in [0.2, 0.25) is 0 Å². The van der Waals surface area contributed by atoms with Crippen LogP contribution in [0, 0.1) is 6.92 Å². The van der Waals surface area contributed by atoms with Gasteiger partial charge >= 0.3 is 5.97 Å². The second-order valence-corrected chi connectivity index (χ2v) is 6.39. The molecule has 1 aliphatic heterocycles. The minimum atomic E-state index is -0.749. The molecule has 0 spiro atoms. The van der Waals surface area contributed by atoms with Crippen molar-refractivity contribution in [3.63, 3.8) is 0 Å². The van der Waals surface area contributed by atoms with Crippen LogP contribution in [-0.2, 0) is 4.79 Å². The average molecular weight is 341 g/mol. The van der Waals surface area contributed by atoms with Crippen molar-refractivity contribution < 1.29 is 9.90 Å². The van der Waals surface area contributed by atoms with Crippen molar-refractivity contribution in [2.24, 2.45) is 0 Å². The van der Waals surface area contributed by atoms with Gasteiger partial charge in [-0.15, -0.1) is 0 Å². The molecule has 2 aromatic rings. The van der Waals surface area contributed by atoms with Crippen molar-refractivity contribution in [3.05, 3.63) is 36.2 Å². The Morgan fingerprint density at radius 1 is 1.32 bits per heavy atom. The van der Waals surface area contributed by atoms with Crippen LogP contribution >= 0.6 is 0 Å². The molecular weight excluding hydrogens is 318 g/mol. The summed E-state index contributed by atoms with van der Waals surface area (Å²) < 4.78 is 0. The summed E-state index contributed by atoms with van der Waals surface area (Å²) in [6.45, 7) is 7.18. The molecule has 0 amide bonds. The number of pyridine rings is 1. The molecule has 3 rings (SSSR count). The number of hydrogen-bond donors (Lipinski definition) is 1. The van der Waals surface area contributed by atoms with E-state index in [0.29, 0.717) is 12.4 Å². The Kier molecular flexibility index (Phi) is 5.23. The summed E-state index contributed by atoms with van der Waals surface area (Å²) in [5.41, 5.74) is 1.67. The number of carbonyl (C=O) groups is 1. The van der Waals surface area contributed by atoms with Gasteiger partial charge in [0.05, 0.1) is 6.42 Å². The fourth-order valence-electron chi connectivity index (χ4n) is 3.14. The quantitative estimate of drug-likeness (QED) is 0.888. The van der Waals surface area contributed by atoms with Gasteiger partial charge in [-0.3, -0.25) is 14.7 Å². The summed E-state index contributed by atoms with van der Waals surface area (Å²) >= 11 is 0. The zero-order valence-corrected chi connectivity index (χ0v) is 14.6. The van der Waals surface area contributed by atoms with E-state index in [2.05, 4.69) is 26.7 Å². The van der Waals surface area contributed by atoms with Crippen molar-refractivity contribution in [1.82, 2.24) is 19.9 Å². The molecule has 1 fully saturated rings. The van der Waals surface area contributed by atoms with E-state index in [4.69, 9.17) is 10.1 Å². The van der Waals surface area contributed by atoms with Crippen LogP contribution in [0.3, 0.4) is 0 Å². The smallest absolute Gasteiger partial charge is 0.304 e. The molecule has 1 aliphatic rings. The number of hydrogen-bond acceptors (Lipinski definition) is 6. The molecule has 0 bridgehead atoms. The first-order valence-electron chi connectivity index (χ1n) is 8.51. The fourth-order valence-corrected chi connectivity index (χ4v) is 3.14. The lowest BCUT2D eigenvalue weighted by Gasteiger charge is -2.40. The molecule has 0 aliphatic carbocycles. The van der Waals surface area contributed by atoms with Crippen LogP contribution < -0.4 is 4.90 Å². The number of aliphatic carboxylic acids is 1. The van der Waals surface area contributed by atoms with E-state index in [1.54, 1.807) is 6.20 Å². The predicted octanol–water partition coefficient (Wildman–Crippen LogP) is 1.83. The van der Waals surface area contributed by atoms with E-state index in [9.17, 15) is 4.79 Å². The van der Waals surface area contributed by atoms with Crippen molar-refractivity contribution >= 4 is 11.8 Å². The first kappa shape index (κ1) is 17.3. The Bertz CT molecular complexity index is 738. The van der Waals surface area contributed by atoms with Crippen molar-refractivity contribution in [3.8, 4) is 11.5 Å². The lowest BCUT2D eigenvalue weighted by atomic mass is 10.1. The zero-order valence-electron chi connectivity index (χ0n) is 14.6. The molecule has 1 unspecified atom stereocenters. The third-order valence-electron chi connectivity index (χ3n) is 4.38. The van der Waals surface area contributed by atoms with Gasteiger partial charge in [-0.2, -0.15) is 0 Å². The standard InChI is InChI=1S/C18H23N5O2/c1-13-11-16(21-18(20-13)15-5-3-4-7-19-15)23-10-9-22(12-14(23)2)8-6-17(24)25/h3-5,7,11,14H,6,8-10,12H2,1-2H3,(H,24,25). The van der Waals surface area contributed by atoms with Crippen molar-refractivity contribution in [2.45, 2.75) is 26.3 Å². The second-order valence-electron chi connectivity index (χ2n) is 6.39. The topological polar surface area (TPSA) is 82.5 Å². The molecule has 132 valence electrons. The molecule has 1 saturated heterocycles. The average Bonchev–Trinajstić information content (AvgIpc) is 2.60. The molecule has 1 N–H and O–H groups in total. The highest BCUT2D eigenvalue weighted by Crippen LogP contribution is 2.22. The Balaban J connectivity index is 1.76. The second kappa shape index (κ2) is 7.57. The summed E-state index contributed by atoms with van der Waals surface area (Å²) in [5, 5.41) is 8.85. The highest BCUT2D eigenvalue weighted by atomic mass is 16.4. The van der Waals surface area contributed by atoms with E-state index >= 15 is 0 Å². The molecule has 7 nitrogen and oxygen atoms in total. The lowest BCUT2D eigenvalue weighted by molar-refractivity contribution is -0.137. The summed E-state index contributed by atoms with van der Waals surface area (Å²) in [7, 11) is 0. The summed E-state index contributed by atoms with van der Waals surface area (Å²) in [6.07, 6.45) is 1.92. The third-order valence-corrected chi connectivity index (χ3v) is 4.38. The normalized spacial score (nSPS) is 18.3. The monoisotopic (exact) mass is 341 g/mol. The highest BCUT2D eigenvalue weighted by molar-refractivity contribution is 5.66. The largest absolute Gasteiger partial charge is 0.481 e. The zero-order chi connectivity index (χ0) is 17.8. The van der Waals surface area contributed by atoms with Crippen LogP contribution in [0.5, 0.6) is 0 Å². The molecule has 25 heavy (non-hydrogen) atoms. The number of aryl methyl sites for hydroxylation is 1. The van der Waals surface area contributed by atoms with Crippen LogP contribution in [-0.4, -0.2) is 63.1 Å². The Morgan fingerprint density at radius 2 is 2.16 bits per heavy atom. The van der Waals surface area contributed by atoms with Crippen LogP contribution in [0.15, 0.2) is 30.5 Å². The van der Waals surface area contributed by atoms with Crippen molar-refractivity contribution in [1.29, 1.82) is 0 Å². The predicted molar refractivity (Wildman–Crippen MR) is 95.5 cm³/mol. The van der Waals surface area contributed by atoms with Gasteiger partial charge in [0.15, 0.2) is 5.82 Å². The summed E-state index contributed by atoms with van der Waals surface area (Å²) in [6, 6.07) is 7.96. The van der Waals surface area contributed by atoms with Gasteiger partial charge in [-0.25, -0.2) is 9.97 Å². The third kappa shape index (κ3) is 4.30. The van der Waals surface area contributed by atoms with Crippen LogP contribution in [0.25, 0.3) is 11.5 Å². The molecular formula is C18H23N5O2. The summed E-state index contributed by atoms with van der Waals surface area (Å²) in [5.74, 6) is 0.788. The molecule has 7 heteroatoms. The van der Waals surface area contributed by atoms with Crippen LogP contribution in [0.4, 0.5) is 5.82 Å². The van der Waals surface area contributed by atoms with Gasteiger partial charge in [0.1, 0.15) is 11.5 Å². The van der Waals surface area contributed by atoms with E-state index in [0.717, 1.165) is 36.8 Å². The van der Waals surface area contributed by atoms with E-state index < -0.39 is 5.97 Å². The maximum absolute atomic E-state index is 10.8. The highest BCUT2D eigenvalue weighted by Gasteiger charge is 2.25. The summed E-state index contributed by atoms with van der Waals surface area (Å²) in [4.78, 5) is 28.8. The molecule has 0 radical (unpaired) electrons. The Morgan fingerprint density at radius 3 is 2.84 bits per heavy atom. The maximum atomic E-state index is 10.8. The SMILES string of the molecule is Cc1cc(N2CCN(CCC(=O)O)CC2C)nc(-c2ccccn2)n1. The molecule has 3 heterocycles. The van der Waals surface area contributed by atoms with E-state index in [-0.39, 0.29) is 12.5 Å². The minimum Gasteiger partial charge on any atom is -0.481 e. The number of nitrogens with zero attached hydrogens (tertiary/aromatic N) is 5. The van der Waals surface area contributed by atoms with Gasteiger partial charge in [-0.05, 0) is 26.0 Å². The van der Waals surface area contributed by atoms with Gasteiger partial charge in [0.2, 0.25) is 0 Å². The van der Waals surface area contributed by atoms with Gasteiger partial charge in [0.25, 0.3) is 0 Å². The molecule has 0 saturated carbocycles. The van der Waals surface area contributed by atoms with E-state index in [1.165, 1.54) is 0 Å². The number of piperazine rings is 1. The van der Waals surface area contributed by atoms with Gasteiger partial charge in [-0.1, -0.05) is 6.07 Å². The Hall–Kier alpha value is -2.54.